The van der Waals surface area contributed by atoms with E-state index in [0.29, 0.717) is 34.1 Å². The molecule has 0 aromatic heterocycles. The van der Waals surface area contributed by atoms with Crippen molar-refractivity contribution in [1.29, 1.82) is 0 Å². The summed E-state index contributed by atoms with van der Waals surface area (Å²) in [6, 6.07) is 27.5. The van der Waals surface area contributed by atoms with Gasteiger partial charge in [0.15, 0.2) is 16.6 Å². The number of rotatable bonds is 7. The molecular formula is C30H28N4O4S. The highest BCUT2D eigenvalue weighted by atomic mass is 32.1. The Kier molecular flexibility index (Phi) is 8.75. The maximum Gasteiger partial charge on any atom is 0.323 e. The van der Waals surface area contributed by atoms with Gasteiger partial charge in [0.25, 0.3) is 5.91 Å². The average molecular weight is 541 g/mol. The van der Waals surface area contributed by atoms with Crippen molar-refractivity contribution in [1.82, 2.24) is 5.32 Å². The summed E-state index contributed by atoms with van der Waals surface area (Å²) in [5, 5.41) is 11.3. The molecule has 0 heterocycles. The van der Waals surface area contributed by atoms with E-state index in [1.54, 1.807) is 43.5 Å². The molecule has 0 atom stereocenters. The van der Waals surface area contributed by atoms with Gasteiger partial charge in [-0.15, -0.1) is 0 Å². The topological polar surface area (TPSA) is 101 Å². The van der Waals surface area contributed by atoms with Gasteiger partial charge in [-0.2, -0.15) is 0 Å². The zero-order chi connectivity index (χ0) is 27.8. The first-order chi connectivity index (χ1) is 18.9. The second-order valence-electron chi connectivity index (χ2n) is 8.54. The Morgan fingerprint density at radius 3 is 2.00 bits per heavy atom. The summed E-state index contributed by atoms with van der Waals surface area (Å²) in [5.41, 5.74) is 5.09. The number of methoxy groups -OCH3 is 2. The van der Waals surface area contributed by atoms with E-state index in [9.17, 15) is 9.59 Å². The molecule has 9 heteroatoms. The van der Waals surface area contributed by atoms with Crippen LogP contribution in [0.1, 0.15) is 15.9 Å². The fraction of sp³-hybridized carbons (Fsp3) is 0.100. The smallest absolute Gasteiger partial charge is 0.323 e. The van der Waals surface area contributed by atoms with Gasteiger partial charge in [0.1, 0.15) is 0 Å². The van der Waals surface area contributed by atoms with Crippen LogP contribution in [0.15, 0.2) is 91.0 Å². The lowest BCUT2D eigenvalue weighted by atomic mass is 10.1. The maximum absolute atomic E-state index is 12.8. The van der Waals surface area contributed by atoms with Crippen molar-refractivity contribution in [2.45, 2.75) is 6.92 Å². The van der Waals surface area contributed by atoms with E-state index in [1.165, 1.54) is 7.11 Å². The van der Waals surface area contributed by atoms with Crippen LogP contribution in [0.2, 0.25) is 0 Å². The van der Waals surface area contributed by atoms with Crippen LogP contribution in [0, 0.1) is 6.92 Å². The number of ether oxygens (including phenoxy) is 2. The Morgan fingerprint density at radius 1 is 0.692 bits per heavy atom. The number of hydrogen-bond donors (Lipinski definition) is 4. The van der Waals surface area contributed by atoms with E-state index in [2.05, 4.69) is 21.3 Å². The molecule has 0 unspecified atom stereocenters. The van der Waals surface area contributed by atoms with Crippen LogP contribution in [-0.2, 0) is 0 Å². The Labute approximate surface area is 232 Å². The predicted octanol–water partition coefficient (Wildman–Crippen LogP) is 6.45. The molecule has 0 aliphatic rings. The summed E-state index contributed by atoms with van der Waals surface area (Å²) in [5.74, 6) is 0.613. The number of benzene rings is 4. The molecule has 0 bridgehead atoms. The third-order valence-corrected chi connectivity index (χ3v) is 5.99. The first-order valence-electron chi connectivity index (χ1n) is 12.0. The molecule has 0 fully saturated rings. The molecule has 3 amide bonds. The van der Waals surface area contributed by atoms with E-state index in [0.717, 1.165) is 16.7 Å². The van der Waals surface area contributed by atoms with Crippen molar-refractivity contribution in [3.8, 4) is 22.6 Å². The number of thiocarbonyl (C=S) groups is 1. The van der Waals surface area contributed by atoms with Crippen LogP contribution in [0.4, 0.5) is 21.9 Å². The van der Waals surface area contributed by atoms with Crippen molar-refractivity contribution < 1.29 is 19.1 Å². The molecule has 0 saturated heterocycles. The highest BCUT2D eigenvalue weighted by Gasteiger charge is 2.15. The number of aryl methyl sites for hydroxylation is 1. The van der Waals surface area contributed by atoms with Gasteiger partial charge in [0.05, 0.1) is 14.2 Å². The van der Waals surface area contributed by atoms with Crippen molar-refractivity contribution >= 4 is 46.3 Å². The van der Waals surface area contributed by atoms with Crippen molar-refractivity contribution in [3.05, 3.63) is 102 Å². The van der Waals surface area contributed by atoms with Gasteiger partial charge in [0, 0.05) is 22.6 Å². The van der Waals surface area contributed by atoms with E-state index < -0.39 is 5.91 Å². The van der Waals surface area contributed by atoms with Gasteiger partial charge in [-0.05, 0) is 78.3 Å². The Hall–Kier alpha value is -4.89. The third kappa shape index (κ3) is 7.12. The van der Waals surface area contributed by atoms with E-state index in [4.69, 9.17) is 21.7 Å². The second kappa shape index (κ2) is 12.6. The van der Waals surface area contributed by atoms with Crippen LogP contribution >= 0.6 is 12.2 Å². The maximum atomic E-state index is 12.8. The summed E-state index contributed by atoms with van der Waals surface area (Å²) in [4.78, 5) is 25.3. The van der Waals surface area contributed by atoms with Crippen LogP contribution in [0.5, 0.6) is 11.5 Å². The summed E-state index contributed by atoms with van der Waals surface area (Å²) < 4.78 is 10.6. The van der Waals surface area contributed by atoms with E-state index in [-0.39, 0.29) is 11.1 Å². The average Bonchev–Trinajstić information content (AvgIpc) is 2.93. The van der Waals surface area contributed by atoms with Gasteiger partial charge >= 0.3 is 6.03 Å². The number of carbonyl (C=O) groups excluding carboxylic acids is 2. The zero-order valence-corrected chi connectivity index (χ0v) is 22.5. The quantitative estimate of drug-likeness (QED) is 0.201. The summed E-state index contributed by atoms with van der Waals surface area (Å²) in [6.07, 6.45) is 0. The highest BCUT2D eigenvalue weighted by molar-refractivity contribution is 7.80. The number of hydrogen-bond acceptors (Lipinski definition) is 5. The first kappa shape index (κ1) is 27.2. The van der Waals surface area contributed by atoms with Gasteiger partial charge in [-0.25, -0.2) is 4.79 Å². The Balaban J connectivity index is 1.33. The lowest BCUT2D eigenvalue weighted by Crippen LogP contribution is -2.34. The molecule has 198 valence electrons. The van der Waals surface area contributed by atoms with Crippen molar-refractivity contribution in [2.75, 3.05) is 30.2 Å². The molecular weight excluding hydrogens is 512 g/mol. The lowest BCUT2D eigenvalue weighted by Gasteiger charge is -2.14. The molecule has 0 saturated carbocycles. The Bertz CT molecular complexity index is 1490. The molecule has 0 spiro atoms. The Morgan fingerprint density at radius 2 is 1.33 bits per heavy atom. The minimum absolute atomic E-state index is 0.104. The fourth-order valence-electron chi connectivity index (χ4n) is 3.97. The van der Waals surface area contributed by atoms with Crippen LogP contribution < -0.4 is 30.7 Å². The minimum Gasteiger partial charge on any atom is -0.493 e. The summed E-state index contributed by atoms with van der Waals surface area (Å²) in [6.45, 7) is 1.82. The van der Waals surface area contributed by atoms with E-state index >= 15 is 0 Å². The molecule has 4 N–H and O–H groups in total. The summed E-state index contributed by atoms with van der Waals surface area (Å²) >= 11 is 5.32. The fourth-order valence-corrected chi connectivity index (χ4v) is 4.18. The highest BCUT2D eigenvalue weighted by Crippen LogP contribution is 2.32. The number of urea groups is 1. The molecule has 39 heavy (non-hydrogen) atoms. The van der Waals surface area contributed by atoms with Crippen LogP contribution in [0.3, 0.4) is 0 Å². The van der Waals surface area contributed by atoms with Crippen LogP contribution in [0.25, 0.3) is 11.1 Å². The lowest BCUT2D eigenvalue weighted by molar-refractivity contribution is 0.0977. The van der Waals surface area contributed by atoms with Crippen molar-refractivity contribution in [3.63, 3.8) is 0 Å². The standard InChI is InChI=1S/C30H28N4O4S/c1-19-16-22(17-26(37-2)27(19)38-3)28(35)34-30(39)33-25-11-7-10-24(18-25)32-29(36)31-23-14-12-21(13-15-23)20-8-5-4-6-9-20/h4-18H,1-3H3,(H2,31,32,36)(H2,33,34,35,39). The largest absolute Gasteiger partial charge is 0.493 e. The monoisotopic (exact) mass is 540 g/mol. The number of nitrogens with one attached hydrogen (secondary N) is 4. The summed E-state index contributed by atoms with van der Waals surface area (Å²) in [7, 11) is 3.05. The third-order valence-electron chi connectivity index (χ3n) is 5.78. The molecule has 8 nitrogen and oxygen atoms in total. The molecule has 0 radical (unpaired) electrons. The van der Waals surface area contributed by atoms with Gasteiger partial charge in [-0.3, -0.25) is 10.1 Å². The SMILES string of the molecule is COc1cc(C(=O)NC(=S)Nc2cccc(NC(=O)Nc3ccc(-c4ccccc4)cc3)c2)cc(C)c1OC. The number of amides is 3. The van der Waals surface area contributed by atoms with Gasteiger partial charge in [-0.1, -0.05) is 48.5 Å². The van der Waals surface area contributed by atoms with Gasteiger partial charge < -0.3 is 25.4 Å². The number of carbonyl (C=O) groups is 2. The normalized spacial score (nSPS) is 10.2. The van der Waals surface area contributed by atoms with Crippen LogP contribution in [-0.4, -0.2) is 31.3 Å². The molecule has 4 aromatic rings. The molecule has 0 aliphatic carbocycles. The number of anilines is 3. The van der Waals surface area contributed by atoms with E-state index in [1.807, 2.05) is 61.5 Å². The predicted molar refractivity (Wildman–Crippen MR) is 159 cm³/mol. The molecule has 4 rings (SSSR count). The molecule has 4 aromatic carbocycles. The van der Waals surface area contributed by atoms with Gasteiger partial charge in [0.2, 0.25) is 0 Å². The van der Waals surface area contributed by atoms with Crippen molar-refractivity contribution in [2.24, 2.45) is 0 Å². The zero-order valence-electron chi connectivity index (χ0n) is 21.7. The second-order valence-corrected chi connectivity index (χ2v) is 8.95. The molecule has 0 aliphatic heterocycles. The minimum atomic E-state index is -0.400. The first-order valence-corrected chi connectivity index (χ1v) is 12.5.